The molecule has 0 bridgehead atoms. The maximum absolute atomic E-state index is 13.4. The number of nitrogens with one attached hydrogen (secondary N) is 1. The molecule has 2 heterocycles. The van der Waals surface area contributed by atoms with Gasteiger partial charge in [-0.05, 0) is 51.4 Å². The van der Waals surface area contributed by atoms with E-state index < -0.39 is 86.8 Å². The van der Waals surface area contributed by atoms with Crippen molar-refractivity contribution in [2.45, 2.75) is 402 Å². The van der Waals surface area contributed by atoms with Crippen LogP contribution < -0.4 is 5.32 Å². The van der Waals surface area contributed by atoms with Gasteiger partial charge in [0.1, 0.15) is 48.8 Å². The second kappa shape index (κ2) is 58.1. The van der Waals surface area contributed by atoms with Gasteiger partial charge in [0.15, 0.2) is 12.6 Å². The molecule has 9 N–H and O–H groups in total. The topological polar surface area (TPSA) is 228 Å². The minimum absolute atomic E-state index is 0.200. The van der Waals surface area contributed by atoms with Crippen LogP contribution in [0.4, 0.5) is 0 Å². The quantitative estimate of drug-likeness (QED) is 0.0204. The fourth-order valence-electron chi connectivity index (χ4n) is 12.2. The van der Waals surface area contributed by atoms with Crippen molar-refractivity contribution in [3.63, 3.8) is 0 Å². The third kappa shape index (κ3) is 42.1. The van der Waals surface area contributed by atoms with Gasteiger partial charge in [-0.3, -0.25) is 4.79 Å². The molecule has 0 saturated carbocycles. The Hall–Kier alpha value is -1.79. The second-order valence-corrected chi connectivity index (χ2v) is 26.1. The van der Waals surface area contributed by atoms with Crippen LogP contribution >= 0.6 is 0 Å². The molecule has 2 aliphatic rings. The van der Waals surface area contributed by atoms with Crippen molar-refractivity contribution in [2.75, 3.05) is 19.8 Å². The molecule has 0 radical (unpaired) electrons. The number of amides is 1. The summed E-state index contributed by atoms with van der Waals surface area (Å²) >= 11 is 0. The van der Waals surface area contributed by atoms with Crippen LogP contribution in [0.1, 0.15) is 328 Å². The molecule has 0 spiro atoms. The maximum Gasteiger partial charge on any atom is 0.220 e. The zero-order chi connectivity index (χ0) is 63.1. The molecule has 2 rings (SSSR count). The number of carbonyl (C=O) groups is 1. The van der Waals surface area contributed by atoms with Gasteiger partial charge in [0.25, 0.3) is 0 Å². The molecule has 14 nitrogen and oxygen atoms in total. The van der Waals surface area contributed by atoms with E-state index in [0.717, 1.165) is 64.2 Å². The van der Waals surface area contributed by atoms with Gasteiger partial charge in [0.2, 0.25) is 5.91 Å². The third-order valence-corrected chi connectivity index (χ3v) is 18.1. The lowest BCUT2D eigenvalue weighted by Gasteiger charge is -2.46. The highest BCUT2D eigenvalue weighted by Crippen LogP contribution is 2.30. The molecule has 12 unspecified atom stereocenters. The Morgan fingerprint density at radius 1 is 0.414 bits per heavy atom. The molecule has 1 amide bonds. The van der Waals surface area contributed by atoms with E-state index >= 15 is 0 Å². The summed E-state index contributed by atoms with van der Waals surface area (Å²) in [4.78, 5) is 13.4. The summed E-state index contributed by atoms with van der Waals surface area (Å²) in [6.45, 7) is 2.90. The number of aliphatic hydroxyl groups is 8. The maximum atomic E-state index is 13.4. The molecular weight excluding hydrogens is 1100 g/mol. The number of rotatable bonds is 61. The zero-order valence-electron chi connectivity index (χ0n) is 55.8. The van der Waals surface area contributed by atoms with Crippen molar-refractivity contribution in [3.8, 4) is 0 Å². The largest absolute Gasteiger partial charge is 0.394 e. The van der Waals surface area contributed by atoms with Gasteiger partial charge in [0.05, 0.1) is 32.0 Å². The van der Waals surface area contributed by atoms with Crippen molar-refractivity contribution in [2.24, 2.45) is 0 Å². The van der Waals surface area contributed by atoms with Gasteiger partial charge in [-0.2, -0.15) is 0 Å². The number of aliphatic hydroxyl groups excluding tert-OH is 8. The van der Waals surface area contributed by atoms with E-state index in [4.69, 9.17) is 18.9 Å². The average molecular weight is 1240 g/mol. The van der Waals surface area contributed by atoms with Crippen LogP contribution in [0, 0.1) is 0 Å². The second-order valence-electron chi connectivity index (χ2n) is 26.1. The lowest BCUT2D eigenvalue weighted by Crippen LogP contribution is -2.65. The van der Waals surface area contributed by atoms with Crippen LogP contribution in [0.2, 0.25) is 0 Å². The normalized spacial score (nSPS) is 23.4. The molecule has 2 saturated heterocycles. The predicted octanol–water partition coefficient (Wildman–Crippen LogP) is 15.3. The minimum atomic E-state index is -1.78. The Bertz CT molecular complexity index is 1600. The molecule has 0 aliphatic carbocycles. The molecule has 14 heteroatoms. The summed E-state index contributed by atoms with van der Waals surface area (Å²) in [7, 11) is 0. The molecule has 2 aliphatic heterocycles. The third-order valence-electron chi connectivity index (χ3n) is 18.1. The highest BCUT2D eigenvalue weighted by molar-refractivity contribution is 5.76. The number of unbranched alkanes of at least 4 members (excludes halogenated alkanes) is 42. The highest BCUT2D eigenvalue weighted by atomic mass is 16.7. The van der Waals surface area contributed by atoms with Gasteiger partial charge in [-0.1, -0.05) is 307 Å². The van der Waals surface area contributed by atoms with E-state index in [2.05, 4.69) is 55.6 Å². The fourth-order valence-corrected chi connectivity index (χ4v) is 12.2. The number of hydrogen-bond donors (Lipinski definition) is 9. The monoisotopic (exact) mass is 1240 g/mol. The predicted molar refractivity (Wildman–Crippen MR) is 355 cm³/mol. The van der Waals surface area contributed by atoms with Crippen molar-refractivity contribution in [1.82, 2.24) is 5.32 Å². The van der Waals surface area contributed by atoms with E-state index in [0.29, 0.717) is 12.8 Å². The summed E-state index contributed by atoms with van der Waals surface area (Å²) in [5.74, 6) is -0.200. The Kier molecular flexibility index (Phi) is 54.3. The van der Waals surface area contributed by atoms with Crippen LogP contribution in [0.5, 0.6) is 0 Å². The first kappa shape index (κ1) is 81.3. The Morgan fingerprint density at radius 3 is 1.16 bits per heavy atom. The van der Waals surface area contributed by atoms with Gasteiger partial charge in [-0.25, -0.2) is 0 Å². The smallest absolute Gasteiger partial charge is 0.220 e. The molecule has 0 aromatic heterocycles. The van der Waals surface area contributed by atoms with Crippen LogP contribution in [-0.2, 0) is 23.7 Å². The lowest BCUT2D eigenvalue weighted by atomic mass is 9.97. The molecule has 2 fully saturated rings. The summed E-state index contributed by atoms with van der Waals surface area (Å²) < 4.78 is 22.9. The Balaban J connectivity index is 1.60. The first-order chi connectivity index (χ1) is 42.6. The van der Waals surface area contributed by atoms with E-state index in [9.17, 15) is 45.6 Å². The van der Waals surface area contributed by atoms with Gasteiger partial charge >= 0.3 is 0 Å². The molecule has 0 aromatic rings. The van der Waals surface area contributed by atoms with Crippen LogP contribution in [0.25, 0.3) is 0 Å². The summed E-state index contributed by atoms with van der Waals surface area (Å²) in [5, 5.41) is 87.6. The lowest BCUT2D eigenvalue weighted by molar-refractivity contribution is -0.359. The van der Waals surface area contributed by atoms with Crippen LogP contribution in [-0.4, -0.2) is 140 Å². The molecule has 512 valence electrons. The molecule has 12 atom stereocenters. The first-order valence-corrected chi connectivity index (χ1v) is 36.7. The van der Waals surface area contributed by atoms with Crippen molar-refractivity contribution >= 4 is 5.91 Å². The Labute approximate surface area is 531 Å². The molecule has 0 aromatic carbocycles. The van der Waals surface area contributed by atoms with Crippen molar-refractivity contribution in [3.05, 3.63) is 36.5 Å². The number of ether oxygens (including phenoxy) is 4. The minimum Gasteiger partial charge on any atom is -0.394 e. The average Bonchev–Trinajstić information content (AvgIpc) is 3.71. The summed E-state index contributed by atoms with van der Waals surface area (Å²) in [6.07, 6.45) is 57.4. The standard InChI is InChI=1S/C73H137NO13/c1-3-5-7-9-11-13-15-17-19-21-23-24-25-26-27-28-29-30-31-32-33-34-35-36-37-38-39-41-43-45-47-49-51-53-55-57-65(78)74-61(62(77)56-54-52-50-48-46-44-42-40-22-20-18-16-14-12-10-8-6-4-2)60-84-72-70(83)68(81)71(64(59-76)86-72)87-73-69(82)67(80)66(79)63(58-75)85-73/h15,17,21,23,25-26,61-64,66-73,75-77,79-83H,3-14,16,18-20,22,24,27-60H2,1-2H3,(H,74,78)/b17-15-,23-21-,26-25-. The van der Waals surface area contributed by atoms with Crippen LogP contribution in [0.15, 0.2) is 36.5 Å². The summed E-state index contributed by atoms with van der Waals surface area (Å²) in [5.41, 5.74) is 0. The van der Waals surface area contributed by atoms with Gasteiger partial charge < -0.3 is 65.1 Å². The fraction of sp³-hybridized carbons (Fsp3) is 0.904. The van der Waals surface area contributed by atoms with E-state index in [1.54, 1.807) is 0 Å². The van der Waals surface area contributed by atoms with Crippen molar-refractivity contribution < 1.29 is 64.6 Å². The van der Waals surface area contributed by atoms with Crippen molar-refractivity contribution in [1.29, 1.82) is 0 Å². The number of hydrogen-bond acceptors (Lipinski definition) is 13. The molecule has 87 heavy (non-hydrogen) atoms. The molecular formula is C73H137NO13. The highest BCUT2D eigenvalue weighted by Gasteiger charge is 2.51. The Morgan fingerprint density at radius 2 is 0.759 bits per heavy atom. The SMILES string of the molecule is CCCCCCC/C=C\C/C=C\C/C=C\CCCCCCCCCCCCCCCCCCCCCCC(=O)NC(COC1OC(CO)C(OC2OC(CO)C(O)C(O)C2O)C(O)C1O)C(O)CCCCCCCCCCCCCCCCCCCC. The van der Waals surface area contributed by atoms with Gasteiger partial charge in [-0.15, -0.1) is 0 Å². The number of carbonyl (C=O) groups excluding carboxylic acids is 1. The van der Waals surface area contributed by atoms with Crippen LogP contribution in [0.3, 0.4) is 0 Å². The number of allylic oxidation sites excluding steroid dienone is 6. The first-order valence-electron chi connectivity index (χ1n) is 36.7. The van der Waals surface area contributed by atoms with E-state index in [1.165, 1.54) is 238 Å². The summed E-state index contributed by atoms with van der Waals surface area (Å²) in [6, 6.07) is -0.828. The van der Waals surface area contributed by atoms with E-state index in [1.807, 2.05) is 0 Å². The van der Waals surface area contributed by atoms with E-state index in [-0.39, 0.29) is 12.5 Å². The van der Waals surface area contributed by atoms with Gasteiger partial charge in [0, 0.05) is 6.42 Å². The zero-order valence-corrected chi connectivity index (χ0v) is 55.8.